The standard InChI is InChI=1S/C9H14N2O3/c1-10-5-6-11(7-8(10)12)4-2-3-9(13)14/h2-3H,4-7H2,1H3,(H,13,14)/b3-2+. The molecule has 1 amide bonds. The van der Waals surface area contributed by atoms with Crippen LogP contribution in [-0.2, 0) is 9.59 Å². The molecule has 1 fully saturated rings. The summed E-state index contributed by atoms with van der Waals surface area (Å²) < 4.78 is 0. The van der Waals surface area contributed by atoms with Crippen LogP contribution in [0.15, 0.2) is 12.2 Å². The molecule has 0 spiro atoms. The van der Waals surface area contributed by atoms with E-state index in [2.05, 4.69) is 0 Å². The van der Waals surface area contributed by atoms with Crippen LogP contribution < -0.4 is 0 Å². The van der Waals surface area contributed by atoms with Crippen molar-refractivity contribution in [2.24, 2.45) is 0 Å². The molecular formula is C9H14N2O3. The summed E-state index contributed by atoms with van der Waals surface area (Å²) in [5, 5.41) is 8.36. The largest absolute Gasteiger partial charge is 0.478 e. The Morgan fingerprint density at radius 1 is 1.57 bits per heavy atom. The summed E-state index contributed by atoms with van der Waals surface area (Å²) in [6, 6.07) is 0. The maximum absolute atomic E-state index is 11.2. The summed E-state index contributed by atoms with van der Waals surface area (Å²) in [7, 11) is 1.77. The van der Waals surface area contributed by atoms with Gasteiger partial charge in [-0.3, -0.25) is 9.69 Å². The molecule has 78 valence electrons. The van der Waals surface area contributed by atoms with Crippen LogP contribution in [0.1, 0.15) is 0 Å². The number of aliphatic carboxylic acids is 1. The van der Waals surface area contributed by atoms with E-state index in [0.29, 0.717) is 19.6 Å². The monoisotopic (exact) mass is 198 g/mol. The Kier molecular flexibility index (Phi) is 3.64. The number of hydrogen-bond acceptors (Lipinski definition) is 3. The fourth-order valence-corrected chi connectivity index (χ4v) is 1.27. The topological polar surface area (TPSA) is 60.9 Å². The summed E-state index contributed by atoms with van der Waals surface area (Å²) in [4.78, 5) is 25.0. The molecule has 0 bridgehead atoms. The molecule has 14 heavy (non-hydrogen) atoms. The van der Waals surface area contributed by atoms with Crippen molar-refractivity contribution in [3.05, 3.63) is 12.2 Å². The highest BCUT2D eigenvalue weighted by Crippen LogP contribution is 2.00. The fraction of sp³-hybridized carbons (Fsp3) is 0.556. The maximum atomic E-state index is 11.2. The van der Waals surface area contributed by atoms with Crippen LogP contribution in [0.5, 0.6) is 0 Å². The van der Waals surface area contributed by atoms with E-state index in [4.69, 9.17) is 5.11 Å². The first-order valence-electron chi connectivity index (χ1n) is 4.45. The van der Waals surface area contributed by atoms with Crippen molar-refractivity contribution in [2.45, 2.75) is 0 Å². The van der Waals surface area contributed by atoms with Gasteiger partial charge in [-0.1, -0.05) is 6.08 Å². The van der Waals surface area contributed by atoms with E-state index in [9.17, 15) is 9.59 Å². The van der Waals surface area contributed by atoms with E-state index in [1.165, 1.54) is 0 Å². The first-order valence-corrected chi connectivity index (χ1v) is 4.45. The Morgan fingerprint density at radius 2 is 2.29 bits per heavy atom. The van der Waals surface area contributed by atoms with E-state index in [1.54, 1.807) is 18.0 Å². The number of amides is 1. The van der Waals surface area contributed by atoms with Crippen LogP contribution in [0.4, 0.5) is 0 Å². The zero-order valence-electron chi connectivity index (χ0n) is 8.14. The van der Waals surface area contributed by atoms with Gasteiger partial charge in [0.05, 0.1) is 6.54 Å². The van der Waals surface area contributed by atoms with E-state index in [-0.39, 0.29) is 5.91 Å². The van der Waals surface area contributed by atoms with Crippen molar-refractivity contribution < 1.29 is 14.7 Å². The number of carboxylic acid groups (broad SMARTS) is 1. The Morgan fingerprint density at radius 3 is 2.86 bits per heavy atom. The summed E-state index contributed by atoms with van der Waals surface area (Å²) in [5.41, 5.74) is 0. The second-order valence-electron chi connectivity index (χ2n) is 3.29. The molecule has 0 unspecified atom stereocenters. The second-order valence-corrected chi connectivity index (χ2v) is 3.29. The third-order valence-electron chi connectivity index (χ3n) is 2.16. The SMILES string of the molecule is CN1CCN(C/C=C/C(=O)O)CC1=O. The molecule has 1 saturated heterocycles. The average Bonchev–Trinajstić information content (AvgIpc) is 2.10. The Bertz CT molecular complexity index is 263. The van der Waals surface area contributed by atoms with E-state index >= 15 is 0 Å². The molecule has 5 heteroatoms. The van der Waals surface area contributed by atoms with Crippen molar-refractivity contribution in [3.8, 4) is 0 Å². The maximum Gasteiger partial charge on any atom is 0.328 e. The van der Waals surface area contributed by atoms with Gasteiger partial charge in [0.15, 0.2) is 0 Å². The predicted octanol–water partition coefficient (Wildman–Crippen LogP) is -0.599. The van der Waals surface area contributed by atoms with Gasteiger partial charge in [0, 0.05) is 32.8 Å². The third kappa shape index (κ3) is 3.18. The molecule has 0 atom stereocenters. The van der Waals surface area contributed by atoms with Crippen LogP contribution >= 0.6 is 0 Å². The van der Waals surface area contributed by atoms with Gasteiger partial charge in [-0.05, 0) is 0 Å². The minimum Gasteiger partial charge on any atom is -0.478 e. The van der Waals surface area contributed by atoms with Gasteiger partial charge in [-0.15, -0.1) is 0 Å². The van der Waals surface area contributed by atoms with E-state index in [1.807, 2.05) is 4.90 Å². The van der Waals surface area contributed by atoms with Crippen molar-refractivity contribution in [2.75, 3.05) is 33.2 Å². The summed E-state index contributed by atoms with van der Waals surface area (Å²) >= 11 is 0. The van der Waals surface area contributed by atoms with Gasteiger partial charge < -0.3 is 10.0 Å². The van der Waals surface area contributed by atoms with Gasteiger partial charge in [-0.25, -0.2) is 4.79 Å². The molecule has 1 aliphatic heterocycles. The Hall–Kier alpha value is -1.36. The van der Waals surface area contributed by atoms with Crippen LogP contribution in [0.2, 0.25) is 0 Å². The molecular weight excluding hydrogens is 184 g/mol. The molecule has 1 N–H and O–H groups in total. The first kappa shape index (κ1) is 10.7. The van der Waals surface area contributed by atoms with Crippen molar-refractivity contribution in [1.82, 2.24) is 9.80 Å². The van der Waals surface area contributed by atoms with Gasteiger partial charge in [-0.2, -0.15) is 0 Å². The molecule has 5 nitrogen and oxygen atoms in total. The minimum absolute atomic E-state index is 0.0833. The smallest absolute Gasteiger partial charge is 0.328 e. The molecule has 0 aromatic rings. The third-order valence-corrected chi connectivity index (χ3v) is 2.16. The van der Waals surface area contributed by atoms with Crippen LogP contribution in [0, 0.1) is 0 Å². The van der Waals surface area contributed by atoms with Crippen LogP contribution in [0.3, 0.4) is 0 Å². The molecule has 0 aliphatic carbocycles. The summed E-state index contributed by atoms with van der Waals surface area (Å²) in [6.07, 6.45) is 2.66. The first-order chi connectivity index (χ1) is 6.59. The molecule has 1 heterocycles. The quantitative estimate of drug-likeness (QED) is 0.615. The molecule has 1 aliphatic rings. The van der Waals surface area contributed by atoms with Crippen molar-refractivity contribution in [3.63, 3.8) is 0 Å². The average molecular weight is 198 g/mol. The van der Waals surface area contributed by atoms with Crippen LogP contribution in [0.25, 0.3) is 0 Å². The van der Waals surface area contributed by atoms with Gasteiger partial charge in [0.2, 0.25) is 5.91 Å². The highest BCUT2D eigenvalue weighted by atomic mass is 16.4. The normalized spacial score (nSPS) is 19.2. The Labute approximate surface area is 82.6 Å². The van der Waals surface area contributed by atoms with E-state index < -0.39 is 5.97 Å². The number of carbonyl (C=O) groups excluding carboxylic acids is 1. The zero-order chi connectivity index (χ0) is 10.6. The minimum atomic E-state index is -0.953. The number of carbonyl (C=O) groups is 2. The number of likely N-dealkylation sites (N-methyl/N-ethyl adjacent to an activating group) is 1. The highest BCUT2D eigenvalue weighted by Gasteiger charge is 2.19. The molecule has 0 aromatic heterocycles. The zero-order valence-corrected chi connectivity index (χ0v) is 8.14. The Balaban J connectivity index is 2.33. The number of hydrogen-bond donors (Lipinski definition) is 1. The lowest BCUT2D eigenvalue weighted by molar-refractivity contribution is -0.134. The number of rotatable bonds is 3. The fourth-order valence-electron chi connectivity index (χ4n) is 1.27. The molecule has 1 rings (SSSR count). The van der Waals surface area contributed by atoms with Crippen molar-refractivity contribution in [1.29, 1.82) is 0 Å². The van der Waals surface area contributed by atoms with Crippen molar-refractivity contribution >= 4 is 11.9 Å². The van der Waals surface area contributed by atoms with Crippen LogP contribution in [-0.4, -0.2) is 60.0 Å². The summed E-state index contributed by atoms with van der Waals surface area (Å²) in [6.45, 7) is 2.40. The number of carboxylic acids is 1. The molecule has 0 aromatic carbocycles. The lowest BCUT2D eigenvalue weighted by Crippen LogP contribution is -2.48. The van der Waals surface area contributed by atoms with Gasteiger partial charge >= 0.3 is 5.97 Å². The second kappa shape index (κ2) is 4.76. The highest BCUT2D eigenvalue weighted by molar-refractivity contribution is 5.80. The molecule has 0 saturated carbocycles. The predicted molar refractivity (Wildman–Crippen MR) is 50.9 cm³/mol. The lowest BCUT2D eigenvalue weighted by Gasteiger charge is -2.30. The van der Waals surface area contributed by atoms with E-state index in [0.717, 1.165) is 12.6 Å². The summed E-state index contributed by atoms with van der Waals surface area (Å²) in [5.74, 6) is -0.870. The number of piperazine rings is 1. The lowest BCUT2D eigenvalue weighted by atomic mass is 10.3. The molecule has 0 radical (unpaired) electrons. The number of nitrogens with zero attached hydrogens (tertiary/aromatic N) is 2. The van der Waals surface area contributed by atoms with Gasteiger partial charge in [0.1, 0.15) is 0 Å². The van der Waals surface area contributed by atoms with Gasteiger partial charge in [0.25, 0.3) is 0 Å².